The first-order chi connectivity index (χ1) is 12.4. The molecule has 0 saturated carbocycles. The molecule has 2 aromatic rings. The van der Waals surface area contributed by atoms with E-state index in [1.54, 1.807) is 13.0 Å². The molecule has 0 radical (unpaired) electrons. The predicted octanol–water partition coefficient (Wildman–Crippen LogP) is 4.19. The molecule has 0 fully saturated rings. The van der Waals surface area contributed by atoms with Crippen LogP contribution in [-0.2, 0) is 17.9 Å². The molecule has 26 heavy (non-hydrogen) atoms. The Balaban J connectivity index is 2.17. The summed E-state index contributed by atoms with van der Waals surface area (Å²) in [6.07, 6.45) is 0. The van der Waals surface area contributed by atoms with E-state index in [1.165, 1.54) is 0 Å². The molecule has 0 bridgehead atoms. The number of aryl methyl sites for hydroxylation is 1. The van der Waals surface area contributed by atoms with E-state index >= 15 is 0 Å². The van der Waals surface area contributed by atoms with E-state index < -0.39 is 12.0 Å². The maximum absolute atomic E-state index is 10.9. The van der Waals surface area contributed by atoms with Crippen molar-refractivity contribution in [1.29, 1.82) is 0 Å². The summed E-state index contributed by atoms with van der Waals surface area (Å²) in [4.78, 5) is 10.9. The number of carbonyl (C=O) groups is 1. The maximum atomic E-state index is 10.9. The molecule has 0 aliphatic carbocycles. The number of hydrogen-bond acceptors (Lipinski definition) is 4. The summed E-state index contributed by atoms with van der Waals surface area (Å²) in [5, 5.41) is 12.3. The minimum Gasteiger partial charge on any atom is -0.490 e. The van der Waals surface area contributed by atoms with Gasteiger partial charge in [-0.05, 0) is 49.6 Å². The summed E-state index contributed by atoms with van der Waals surface area (Å²) in [6, 6.07) is 10.9. The quantitative estimate of drug-likeness (QED) is 0.685. The fraction of sp³-hybridized carbons (Fsp3) is 0.350. The van der Waals surface area contributed by atoms with Crippen molar-refractivity contribution < 1.29 is 19.4 Å². The van der Waals surface area contributed by atoms with Gasteiger partial charge in [0, 0.05) is 6.54 Å². The lowest BCUT2D eigenvalue weighted by molar-refractivity contribution is -0.139. The van der Waals surface area contributed by atoms with E-state index in [-0.39, 0.29) is 0 Å². The van der Waals surface area contributed by atoms with Crippen LogP contribution in [0, 0.1) is 6.92 Å². The minimum absolute atomic E-state index is 0.366. The van der Waals surface area contributed by atoms with E-state index in [0.717, 1.165) is 16.7 Å². The number of aliphatic carboxylic acids is 1. The summed E-state index contributed by atoms with van der Waals surface area (Å²) < 4.78 is 11.6. The molecule has 0 spiro atoms. The van der Waals surface area contributed by atoms with Gasteiger partial charge in [-0.1, -0.05) is 35.9 Å². The molecule has 2 N–H and O–H groups in total. The molecule has 0 aliphatic heterocycles. The molecule has 0 amide bonds. The summed E-state index contributed by atoms with van der Waals surface area (Å²) in [7, 11) is 0. The first-order valence-electron chi connectivity index (χ1n) is 8.51. The van der Waals surface area contributed by atoms with Gasteiger partial charge in [0.25, 0.3) is 0 Å². The van der Waals surface area contributed by atoms with Crippen molar-refractivity contribution >= 4 is 17.6 Å². The molecule has 5 nitrogen and oxygen atoms in total. The second kappa shape index (κ2) is 9.46. The van der Waals surface area contributed by atoms with Crippen LogP contribution in [0.3, 0.4) is 0 Å². The third-order valence-corrected chi connectivity index (χ3v) is 4.27. The molecule has 6 heteroatoms. The highest BCUT2D eigenvalue weighted by atomic mass is 35.5. The number of carboxylic acid groups (broad SMARTS) is 1. The zero-order valence-corrected chi connectivity index (χ0v) is 16.0. The van der Waals surface area contributed by atoms with Gasteiger partial charge in [-0.15, -0.1) is 0 Å². The van der Waals surface area contributed by atoms with Gasteiger partial charge in [0.15, 0.2) is 11.5 Å². The number of hydrogen-bond donors (Lipinski definition) is 2. The predicted molar refractivity (Wildman–Crippen MR) is 102 cm³/mol. The van der Waals surface area contributed by atoms with E-state index in [2.05, 4.69) is 5.32 Å². The normalized spacial score (nSPS) is 11.8. The highest BCUT2D eigenvalue weighted by Gasteiger charge is 2.15. The first-order valence-corrected chi connectivity index (χ1v) is 8.88. The summed E-state index contributed by atoms with van der Waals surface area (Å²) >= 11 is 6.41. The van der Waals surface area contributed by atoms with Gasteiger partial charge >= 0.3 is 5.97 Å². The molecular weight excluding hydrogens is 354 g/mol. The molecular formula is C20H24ClNO4. The lowest BCUT2D eigenvalue weighted by atomic mass is 10.1. The molecule has 1 unspecified atom stereocenters. The van der Waals surface area contributed by atoms with E-state index in [1.807, 2.05) is 44.2 Å². The largest absolute Gasteiger partial charge is 0.490 e. The Hall–Kier alpha value is -2.24. The average molecular weight is 378 g/mol. The Morgan fingerprint density at radius 3 is 2.65 bits per heavy atom. The second-order valence-corrected chi connectivity index (χ2v) is 6.40. The van der Waals surface area contributed by atoms with Crippen molar-refractivity contribution in [2.45, 2.75) is 40.0 Å². The SMILES string of the molecule is CCOc1cc(CNC(C)C(=O)O)cc(Cl)c1OCc1ccccc1C. The first kappa shape index (κ1) is 20.1. The number of carboxylic acids is 1. The molecule has 2 rings (SSSR count). The fourth-order valence-electron chi connectivity index (χ4n) is 2.41. The van der Waals surface area contributed by atoms with Gasteiger partial charge in [-0.3, -0.25) is 4.79 Å². The van der Waals surface area contributed by atoms with Gasteiger partial charge in [-0.25, -0.2) is 0 Å². The van der Waals surface area contributed by atoms with Crippen molar-refractivity contribution in [3.05, 3.63) is 58.1 Å². The van der Waals surface area contributed by atoms with Crippen molar-refractivity contribution in [3.63, 3.8) is 0 Å². The topological polar surface area (TPSA) is 67.8 Å². The third kappa shape index (κ3) is 5.38. The smallest absolute Gasteiger partial charge is 0.320 e. The lowest BCUT2D eigenvalue weighted by Crippen LogP contribution is -2.33. The molecule has 2 aromatic carbocycles. The molecule has 0 saturated heterocycles. The second-order valence-electron chi connectivity index (χ2n) is 5.99. The van der Waals surface area contributed by atoms with Crippen molar-refractivity contribution in [2.75, 3.05) is 6.61 Å². The summed E-state index contributed by atoms with van der Waals surface area (Å²) in [6.45, 7) is 6.73. The van der Waals surface area contributed by atoms with Crippen LogP contribution in [0.1, 0.15) is 30.5 Å². The lowest BCUT2D eigenvalue weighted by Gasteiger charge is -2.17. The van der Waals surface area contributed by atoms with E-state index in [0.29, 0.717) is 36.3 Å². The highest BCUT2D eigenvalue weighted by Crippen LogP contribution is 2.37. The fourth-order valence-corrected chi connectivity index (χ4v) is 2.69. The van der Waals surface area contributed by atoms with E-state index in [9.17, 15) is 4.79 Å². The summed E-state index contributed by atoms with van der Waals surface area (Å²) in [5.74, 6) is 0.138. The molecule has 140 valence electrons. The van der Waals surface area contributed by atoms with Gasteiger partial charge in [0.2, 0.25) is 0 Å². The van der Waals surface area contributed by atoms with Crippen LogP contribution >= 0.6 is 11.6 Å². The molecule has 0 aromatic heterocycles. The Labute approximate surface area is 158 Å². The van der Waals surface area contributed by atoms with Gasteiger partial charge in [0.1, 0.15) is 12.6 Å². The van der Waals surface area contributed by atoms with Crippen molar-refractivity contribution in [2.24, 2.45) is 0 Å². The molecule has 0 aliphatic rings. The van der Waals surface area contributed by atoms with E-state index in [4.69, 9.17) is 26.2 Å². The molecule has 0 heterocycles. The van der Waals surface area contributed by atoms with Crippen LogP contribution in [0.15, 0.2) is 36.4 Å². The average Bonchev–Trinajstić information content (AvgIpc) is 2.60. The van der Waals surface area contributed by atoms with Gasteiger partial charge in [0.05, 0.1) is 11.6 Å². The molecule has 1 atom stereocenters. The highest BCUT2D eigenvalue weighted by molar-refractivity contribution is 6.32. The Morgan fingerprint density at radius 2 is 2.00 bits per heavy atom. The number of nitrogens with one attached hydrogen (secondary N) is 1. The van der Waals surface area contributed by atoms with Crippen LogP contribution in [0.5, 0.6) is 11.5 Å². The Kier molecular flexibility index (Phi) is 7.30. The van der Waals surface area contributed by atoms with Crippen LogP contribution in [0.2, 0.25) is 5.02 Å². The van der Waals surface area contributed by atoms with Crippen LogP contribution in [0.4, 0.5) is 0 Å². The standard InChI is InChI=1S/C20H24ClNO4/c1-4-25-18-10-15(11-22-14(3)20(23)24)9-17(21)19(18)26-12-16-8-6-5-7-13(16)2/h5-10,14,22H,4,11-12H2,1-3H3,(H,23,24). The zero-order valence-electron chi connectivity index (χ0n) is 15.2. The van der Waals surface area contributed by atoms with Crippen molar-refractivity contribution in [3.8, 4) is 11.5 Å². The maximum Gasteiger partial charge on any atom is 0.320 e. The van der Waals surface area contributed by atoms with Gasteiger partial charge in [-0.2, -0.15) is 0 Å². The number of benzene rings is 2. The number of ether oxygens (including phenoxy) is 2. The Bertz CT molecular complexity index is 763. The monoisotopic (exact) mass is 377 g/mol. The van der Waals surface area contributed by atoms with Gasteiger partial charge < -0.3 is 19.9 Å². The third-order valence-electron chi connectivity index (χ3n) is 3.99. The van der Waals surface area contributed by atoms with Crippen LogP contribution < -0.4 is 14.8 Å². The van der Waals surface area contributed by atoms with Crippen LogP contribution in [-0.4, -0.2) is 23.7 Å². The van der Waals surface area contributed by atoms with Crippen LogP contribution in [0.25, 0.3) is 0 Å². The number of halogens is 1. The zero-order chi connectivity index (χ0) is 19.1. The van der Waals surface area contributed by atoms with Crippen molar-refractivity contribution in [1.82, 2.24) is 5.32 Å². The Morgan fingerprint density at radius 1 is 1.27 bits per heavy atom. The number of rotatable bonds is 9. The summed E-state index contributed by atoms with van der Waals surface area (Å²) in [5.41, 5.74) is 3.05. The minimum atomic E-state index is -0.903.